The summed E-state index contributed by atoms with van der Waals surface area (Å²) in [4.78, 5) is 2.32. The number of nitrogens with zero attached hydrogens (tertiary/aromatic N) is 1. The first-order chi connectivity index (χ1) is 7.70. The monoisotopic (exact) mass is 242 g/mol. The van der Waals surface area contributed by atoms with Crippen LogP contribution in [0.25, 0.3) is 0 Å². The maximum atomic E-state index is 13.1. The van der Waals surface area contributed by atoms with Gasteiger partial charge in [0.1, 0.15) is 5.82 Å². The summed E-state index contributed by atoms with van der Waals surface area (Å²) in [7, 11) is 0. The quantitative estimate of drug-likeness (QED) is 0.872. The second-order valence-electron chi connectivity index (χ2n) is 4.11. The van der Waals surface area contributed by atoms with Crippen molar-refractivity contribution in [3.8, 4) is 0 Å². The number of benzene rings is 1. The Morgan fingerprint density at radius 3 is 2.81 bits per heavy atom. The van der Waals surface area contributed by atoms with E-state index in [2.05, 4.69) is 17.1 Å². The summed E-state index contributed by atoms with van der Waals surface area (Å²) in [5.74, 6) is -0.220. The highest BCUT2D eigenvalue weighted by atomic mass is 35.5. The van der Waals surface area contributed by atoms with Crippen LogP contribution in [0.1, 0.15) is 12.5 Å². The Morgan fingerprint density at radius 1 is 1.50 bits per heavy atom. The summed E-state index contributed by atoms with van der Waals surface area (Å²) in [5, 5.41) is 3.88. The molecule has 0 aromatic heterocycles. The minimum atomic E-state index is -0.220. The molecule has 0 bridgehead atoms. The maximum Gasteiger partial charge on any atom is 0.123 e. The molecule has 0 amide bonds. The van der Waals surface area contributed by atoms with Gasteiger partial charge in [-0.1, -0.05) is 18.5 Å². The van der Waals surface area contributed by atoms with Crippen LogP contribution in [0.15, 0.2) is 18.2 Å². The predicted octanol–water partition coefficient (Wildman–Crippen LogP) is 2.27. The summed E-state index contributed by atoms with van der Waals surface area (Å²) in [5.41, 5.74) is 0.871. The Hall–Kier alpha value is -0.640. The van der Waals surface area contributed by atoms with E-state index in [1.54, 1.807) is 6.07 Å². The highest BCUT2D eigenvalue weighted by Crippen LogP contribution is 2.20. The Bertz CT molecular complexity index is 366. The number of nitrogens with one attached hydrogen (secondary N) is 1. The van der Waals surface area contributed by atoms with Crippen molar-refractivity contribution in [1.29, 1.82) is 0 Å². The molecule has 16 heavy (non-hydrogen) atoms. The molecule has 1 aliphatic rings. The van der Waals surface area contributed by atoms with Gasteiger partial charge in [-0.15, -0.1) is 0 Å². The summed E-state index contributed by atoms with van der Waals surface area (Å²) in [6.07, 6.45) is 0. The number of halogens is 2. The van der Waals surface area contributed by atoms with E-state index in [0.717, 1.165) is 31.7 Å². The van der Waals surface area contributed by atoms with Crippen molar-refractivity contribution < 1.29 is 4.39 Å². The Balaban J connectivity index is 2.08. The van der Waals surface area contributed by atoms with Crippen molar-refractivity contribution in [3.63, 3.8) is 0 Å². The van der Waals surface area contributed by atoms with Crippen molar-refractivity contribution >= 4 is 11.6 Å². The van der Waals surface area contributed by atoms with Gasteiger partial charge in [0.25, 0.3) is 0 Å². The molecule has 88 valence electrons. The summed E-state index contributed by atoms with van der Waals surface area (Å²) >= 11 is 6.05. The first kappa shape index (κ1) is 11.8. The molecular formula is C12H16ClFN2. The van der Waals surface area contributed by atoms with Crippen LogP contribution in [0.4, 0.5) is 4.39 Å². The standard InChI is InChI=1S/C12H16ClFN2/c1-2-16(11-6-15-7-11)8-9-5-10(14)3-4-12(9)13/h3-5,11,15H,2,6-8H2,1H3. The van der Waals surface area contributed by atoms with Gasteiger partial charge in [0.2, 0.25) is 0 Å². The number of hydrogen-bond acceptors (Lipinski definition) is 2. The summed E-state index contributed by atoms with van der Waals surface area (Å²) < 4.78 is 13.1. The van der Waals surface area contributed by atoms with Gasteiger partial charge in [-0.2, -0.15) is 0 Å². The van der Waals surface area contributed by atoms with Gasteiger partial charge >= 0.3 is 0 Å². The lowest BCUT2D eigenvalue weighted by Gasteiger charge is -2.37. The van der Waals surface area contributed by atoms with Crippen LogP contribution < -0.4 is 5.32 Å². The predicted molar refractivity (Wildman–Crippen MR) is 64.2 cm³/mol. The zero-order valence-corrected chi connectivity index (χ0v) is 10.1. The number of rotatable bonds is 4. The van der Waals surface area contributed by atoms with Crippen LogP contribution in [0.3, 0.4) is 0 Å². The van der Waals surface area contributed by atoms with Gasteiger partial charge in [-0.25, -0.2) is 4.39 Å². The summed E-state index contributed by atoms with van der Waals surface area (Å²) in [6, 6.07) is 5.10. The molecule has 0 unspecified atom stereocenters. The average Bonchev–Trinajstić information content (AvgIpc) is 2.19. The molecule has 1 heterocycles. The highest BCUT2D eigenvalue weighted by Gasteiger charge is 2.23. The Labute approximate surface area is 100 Å². The maximum absolute atomic E-state index is 13.1. The molecule has 1 aromatic carbocycles. The lowest BCUT2D eigenvalue weighted by molar-refractivity contribution is 0.145. The molecule has 2 rings (SSSR count). The van der Waals surface area contributed by atoms with Crippen LogP contribution in [0.2, 0.25) is 5.02 Å². The van der Waals surface area contributed by atoms with Crippen LogP contribution in [0, 0.1) is 5.82 Å². The van der Waals surface area contributed by atoms with Gasteiger partial charge in [0.15, 0.2) is 0 Å². The van der Waals surface area contributed by atoms with E-state index in [9.17, 15) is 4.39 Å². The molecule has 4 heteroatoms. The average molecular weight is 243 g/mol. The van der Waals surface area contributed by atoms with E-state index in [0.29, 0.717) is 11.1 Å². The molecule has 0 spiro atoms. The molecule has 0 radical (unpaired) electrons. The van der Waals surface area contributed by atoms with Crippen molar-refractivity contribution in [2.24, 2.45) is 0 Å². The van der Waals surface area contributed by atoms with Gasteiger partial charge in [-0.05, 0) is 30.3 Å². The van der Waals surface area contributed by atoms with E-state index in [1.165, 1.54) is 12.1 Å². The fourth-order valence-electron chi connectivity index (χ4n) is 1.91. The van der Waals surface area contributed by atoms with Crippen LogP contribution in [-0.2, 0) is 6.54 Å². The minimum absolute atomic E-state index is 0.220. The molecule has 1 N–H and O–H groups in total. The molecule has 1 fully saturated rings. The van der Waals surface area contributed by atoms with E-state index in [4.69, 9.17) is 11.6 Å². The lowest BCUT2D eigenvalue weighted by Crippen LogP contribution is -2.56. The van der Waals surface area contributed by atoms with Gasteiger partial charge in [-0.3, -0.25) is 4.90 Å². The lowest BCUT2D eigenvalue weighted by atomic mass is 10.1. The molecule has 0 atom stereocenters. The van der Waals surface area contributed by atoms with E-state index in [1.807, 2.05) is 0 Å². The molecule has 1 saturated heterocycles. The third kappa shape index (κ3) is 2.54. The van der Waals surface area contributed by atoms with Crippen molar-refractivity contribution in [2.75, 3.05) is 19.6 Å². The highest BCUT2D eigenvalue weighted by molar-refractivity contribution is 6.31. The van der Waals surface area contributed by atoms with Gasteiger partial charge in [0.05, 0.1) is 0 Å². The normalized spacial score (nSPS) is 16.5. The zero-order valence-electron chi connectivity index (χ0n) is 9.34. The van der Waals surface area contributed by atoms with Gasteiger partial charge in [0, 0.05) is 30.7 Å². The number of hydrogen-bond donors (Lipinski definition) is 1. The molecule has 0 saturated carbocycles. The fourth-order valence-corrected chi connectivity index (χ4v) is 2.09. The van der Waals surface area contributed by atoms with Crippen LogP contribution in [0.5, 0.6) is 0 Å². The second kappa shape index (κ2) is 5.13. The minimum Gasteiger partial charge on any atom is -0.314 e. The smallest absolute Gasteiger partial charge is 0.123 e. The second-order valence-corrected chi connectivity index (χ2v) is 4.52. The molecule has 0 aliphatic carbocycles. The zero-order chi connectivity index (χ0) is 11.5. The van der Waals surface area contributed by atoms with Crippen LogP contribution in [-0.4, -0.2) is 30.6 Å². The third-order valence-corrected chi connectivity index (χ3v) is 3.43. The van der Waals surface area contributed by atoms with Crippen molar-refractivity contribution in [2.45, 2.75) is 19.5 Å². The fraction of sp³-hybridized carbons (Fsp3) is 0.500. The first-order valence-corrected chi connectivity index (χ1v) is 5.97. The Morgan fingerprint density at radius 2 is 2.25 bits per heavy atom. The molecule has 1 aliphatic heterocycles. The summed E-state index contributed by atoms with van der Waals surface area (Å²) in [6.45, 7) is 5.83. The van der Waals surface area contributed by atoms with E-state index >= 15 is 0 Å². The van der Waals surface area contributed by atoms with E-state index in [-0.39, 0.29) is 5.82 Å². The van der Waals surface area contributed by atoms with Crippen molar-refractivity contribution in [3.05, 3.63) is 34.6 Å². The topological polar surface area (TPSA) is 15.3 Å². The largest absolute Gasteiger partial charge is 0.314 e. The van der Waals surface area contributed by atoms with Crippen molar-refractivity contribution in [1.82, 2.24) is 10.2 Å². The molecule has 2 nitrogen and oxygen atoms in total. The SMILES string of the molecule is CCN(Cc1cc(F)ccc1Cl)C1CNC1. The molecule has 1 aromatic rings. The first-order valence-electron chi connectivity index (χ1n) is 5.59. The Kier molecular flexibility index (Phi) is 3.79. The molecular weight excluding hydrogens is 227 g/mol. The van der Waals surface area contributed by atoms with Gasteiger partial charge < -0.3 is 5.32 Å². The number of likely N-dealkylation sites (N-methyl/N-ethyl adjacent to an activating group) is 1. The van der Waals surface area contributed by atoms with E-state index < -0.39 is 0 Å². The third-order valence-electron chi connectivity index (χ3n) is 3.06. The van der Waals surface area contributed by atoms with Crippen LogP contribution >= 0.6 is 11.6 Å².